The smallest absolute Gasteiger partial charge is 0.493 e. The number of benzene rings is 2. The number of fused-ring (bicyclic) bond motifs is 1. The number of aromatic amines is 1. The van der Waals surface area contributed by atoms with Crippen LogP contribution >= 0.6 is 0 Å². The number of anilines is 1. The molecule has 2 N–H and O–H groups in total. The van der Waals surface area contributed by atoms with E-state index in [9.17, 15) is 18.0 Å². The Morgan fingerprint density at radius 2 is 1.64 bits per heavy atom. The lowest BCUT2D eigenvalue weighted by molar-refractivity contribution is -0.274. The van der Waals surface area contributed by atoms with Crippen molar-refractivity contribution in [1.82, 2.24) is 4.98 Å². The number of alkyl halides is 3. The summed E-state index contributed by atoms with van der Waals surface area (Å²) in [5.74, 6) is 0.710. The van der Waals surface area contributed by atoms with Crippen molar-refractivity contribution >= 4 is 16.6 Å². The maximum absolute atomic E-state index is 12.3. The Kier molecular flexibility index (Phi) is 5.34. The molecular formula is C19H17F3N2O4. The number of pyridine rings is 1. The van der Waals surface area contributed by atoms with Crippen LogP contribution in [0.2, 0.25) is 0 Å². The average Bonchev–Trinajstić information content (AvgIpc) is 2.65. The molecule has 0 saturated carbocycles. The van der Waals surface area contributed by atoms with Gasteiger partial charge in [0.15, 0.2) is 11.5 Å². The Labute approximate surface area is 157 Å². The van der Waals surface area contributed by atoms with E-state index < -0.39 is 6.36 Å². The number of hydrogen-bond acceptors (Lipinski definition) is 5. The lowest BCUT2D eigenvalue weighted by atomic mass is 10.1. The number of H-pyrrole nitrogens is 1. The molecule has 0 spiro atoms. The molecule has 0 saturated heterocycles. The van der Waals surface area contributed by atoms with Gasteiger partial charge in [0.1, 0.15) is 5.75 Å². The predicted molar refractivity (Wildman–Crippen MR) is 98.1 cm³/mol. The maximum Gasteiger partial charge on any atom is 0.573 e. The first kappa shape index (κ1) is 19.4. The molecule has 1 heterocycles. The van der Waals surface area contributed by atoms with Gasteiger partial charge in [-0.2, -0.15) is 0 Å². The van der Waals surface area contributed by atoms with Crippen molar-refractivity contribution in [2.45, 2.75) is 12.9 Å². The second-order valence-electron chi connectivity index (χ2n) is 5.84. The van der Waals surface area contributed by atoms with Crippen LogP contribution in [0.25, 0.3) is 10.9 Å². The first-order valence-corrected chi connectivity index (χ1v) is 8.16. The van der Waals surface area contributed by atoms with Crippen molar-refractivity contribution in [3.05, 3.63) is 58.4 Å². The first-order valence-electron chi connectivity index (χ1n) is 8.16. The van der Waals surface area contributed by atoms with Gasteiger partial charge in [0.25, 0.3) is 5.56 Å². The van der Waals surface area contributed by atoms with Gasteiger partial charge in [-0.05, 0) is 36.4 Å². The highest BCUT2D eigenvalue weighted by molar-refractivity contribution is 5.83. The maximum atomic E-state index is 12.3. The molecule has 148 valence electrons. The number of halogens is 3. The molecule has 0 fully saturated rings. The molecule has 0 atom stereocenters. The lowest BCUT2D eigenvalue weighted by Gasteiger charge is -2.11. The van der Waals surface area contributed by atoms with Crippen LogP contribution in [-0.4, -0.2) is 25.6 Å². The first-order chi connectivity index (χ1) is 13.3. The van der Waals surface area contributed by atoms with Crippen molar-refractivity contribution in [1.29, 1.82) is 0 Å². The molecule has 0 aliphatic rings. The fraction of sp³-hybridized carbons (Fsp3) is 0.211. The monoisotopic (exact) mass is 394 g/mol. The van der Waals surface area contributed by atoms with Crippen LogP contribution in [0.15, 0.2) is 47.3 Å². The van der Waals surface area contributed by atoms with E-state index in [-0.39, 0.29) is 17.9 Å². The third-order valence-corrected chi connectivity index (χ3v) is 4.00. The number of ether oxygens (including phenoxy) is 3. The number of aromatic nitrogens is 1. The topological polar surface area (TPSA) is 72.6 Å². The second-order valence-corrected chi connectivity index (χ2v) is 5.84. The van der Waals surface area contributed by atoms with Crippen LogP contribution in [-0.2, 0) is 6.54 Å². The van der Waals surface area contributed by atoms with Crippen molar-refractivity contribution < 1.29 is 27.4 Å². The Bertz CT molecular complexity index is 1030. The van der Waals surface area contributed by atoms with Crippen molar-refractivity contribution in [3.63, 3.8) is 0 Å². The molecule has 9 heteroatoms. The summed E-state index contributed by atoms with van der Waals surface area (Å²) in [4.78, 5) is 15.1. The van der Waals surface area contributed by atoms with Crippen LogP contribution in [0.1, 0.15) is 5.56 Å². The van der Waals surface area contributed by atoms with Gasteiger partial charge in [0.2, 0.25) is 0 Å². The highest BCUT2D eigenvalue weighted by Crippen LogP contribution is 2.31. The summed E-state index contributed by atoms with van der Waals surface area (Å²) in [6.07, 6.45) is -4.74. The van der Waals surface area contributed by atoms with Crippen LogP contribution in [0.4, 0.5) is 18.9 Å². The Morgan fingerprint density at radius 3 is 2.25 bits per heavy atom. The summed E-state index contributed by atoms with van der Waals surface area (Å²) in [6, 6.07) is 10.4. The average molecular weight is 394 g/mol. The fourth-order valence-corrected chi connectivity index (χ4v) is 2.68. The third kappa shape index (κ3) is 4.48. The zero-order valence-corrected chi connectivity index (χ0v) is 15.0. The summed E-state index contributed by atoms with van der Waals surface area (Å²) >= 11 is 0. The molecule has 0 aliphatic heterocycles. The van der Waals surface area contributed by atoms with E-state index in [0.717, 1.165) is 5.39 Å². The summed E-state index contributed by atoms with van der Waals surface area (Å²) in [6.45, 7) is 0.180. The van der Waals surface area contributed by atoms with Gasteiger partial charge < -0.3 is 24.5 Å². The van der Waals surface area contributed by atoms with E-state index in [1.807, 2.05) is 0 Å². The molecule has 1 aromatic heterocycles. The third-order valence-electron chi connectivity index (χ3n) is 4.00. The number of nitrogens with one attached hydrogen (secondary N) is 2. The molecule has 0 unspecified atom stereocenters. The molecule has 0 aliphatic carbocycles. The van der Waals surface area contributed by atoms with Crippen LogP contribution < -0.4 is 25.1 Å². The molecule has 0 bridgehead atoms. The minimum absolute atomic E-state index is 0.180. The van der Waals surface area contributed by atoms with Gasteiger partial charge in [-0.25, -0.2) is 0 Å². The van der Waals surface area contributed by atoms with E-state index in [4.69, 9.17) is 9.47 Å². The molecule has 3 rings (SSSR count). The van der Waals surface area contributed by atoms with Gasteiger partial charge in [-0.3, -0.25) is 4.79 Å². The van der Waals surface area contributed by atoms with Crippen molar-refractivity contribution in [2.24, 2.45) is 0 Å². The highest BCUT2D eigenvalue weighted by atomic mass is 19.4. The second kappa shape index (κ2) is 7.71. The normalized spacial score (nSPS) is 11.3. The van der Waals surface area contributed by atoms with Gasteiger partial charge in [0, 0.05) is 29.2 Å². The number of methoxy groups -OCH3 is 2. The molecular weight excluding hydrogens is 377 g/mol. The Hall–Kier alpha value is -3.36. The SMILES string of the molecule is COc1cc2cc(CNc3ccc(OC(F)(F)F)cc3)c(=O)[nH]c2cc1OC. The van der Waals surface area contributed by atoms with Crippen LogP contribution in [0, 0.1) is 0 Å². The molecule has 0 radical (unpaired) electrons. The van der Waals surface area contributed by atoms with E-state index >= 15 is 0 Å². The molecule has 6 nitrogen and oxygen atoms in total. The van der Waals surface area contributed by atoms with Gasteiger partial charge in [-0.1, -0.05) is 0 Å². The van der Waals surface area contributed by atoms with Gasteiger partial charge in [-0.15, -0.1) is 13.2 Å². The summed E-state index contributed by atoms with van der Waals surface area (Å²) in [5.41, 5.74) is 1.31. The van der Waals surface area contributed by atoms with Crippen LogP contribution in [0.5, 0.6) is 17.2 Å². The number of hydrogen-bond donors (Lipinski definition) is 2. The van der Waals surface area contributed by atoms with Crippen molar-refractivity contribution in [2.75, 3.05) is 19.5 Å². The van der Waals surface area contributed by atoms with Crippen LogP contribution in [0.3, 0.4) is 0 Å². The molecule has 2 aromatic carbocycles. The quantitative estimate of drug-likeness (QED) is 0.660. The molecule has 28 heavy (non-hydrogen) atoms. The van der Waals surface area contributed by atoms with Gasteiger partial charge in [0.05, 0.1) is 19.7 Å². The van der Waals surface area contributed by atoms with E-state index in [2.05, 4.69) is 15.0 Å². The van der Waals surface area contributed by atoms with Gasteiger partial charge >= 0.3 is 6.36 Å². The minimum atomic E-state index is -4.74. The minimum Gasteiger partial charge on any atom is -0.493 e. The molecule has 0 amide bonds. The molecule has 3 aromatic rings. The predicted octanol–water partition coefficient (Wildman–Crippen LogP) is 4.06. The summed E-state index contributed by atoms with van der Waals surface area (Å²) in [5, 5.41) is 3.75. The van der Waals surface area contributed by atoms with E-state index in [1.165, 1.54) is 38.5 Å². The Morgan fingerprint density at radius 1 is 1.00 bits per heavy atom. The Balaban J connectivity index is 1.78. The zero-order valence-electron chi connectivity index (χ0n) is 15.0. The zero-order chi connectivity index (χ0) is 20.3. The largest absolute Gasteiger partial charge is 0.573 e. The summed E-state index contributed by atoms with van der Waals surface area (Å²) < 4.78 is 50.9. The highest BCUT2D eigenvalue weighted by Gasteiger charge is 2.30. The van der Waals surface area contributed by atoms with Crippen molar-refractivity contribution in [3.8, 4) is 17.2 Å². The number of rotatable bonds is 6. The van der Waals surface area contributed by atoms with E-state index in [0.29, 0.717) is 28.3 Å². The summed E-state index contributed by atoms with van der Waals surface area (Å²) in [7, 11) is 3.02. The lowest BCUT2D eigenvalue weighted by Crippen LogP contribution is -2.17. The standard InChI is InChI=1S/C19H17F3N2O4/c1-26-16-8-11-7-12(18(25)24-15(11)9-17(16)27-2)10-23-13-3-5-14(6-4-13)28-19(20,21)22/h3-9,23H,10H2,1-2H3,(H,24,25). The van der Waals surface area contributed by atoms with E-state index in [1.54, 1.807) is 18.2 Å². The fourth-order valence-electron chi connectivity index (χ4n) is 2.68.